The molecule has 1 saturated carbocycles. The lowest BCUT2D eigenvalue weighted by atomic mass is 9.98. The van der Waals surface area contributed by atoms with E-state index in [0.717, 1.165) is 38.2 Å². The van der Waals surface area contributed by atoms with Gasteiger partial charge in [-0.15, -0.1) is 0 Å². The number of likely N-dealkylation sites (N-methyl/N-ethyl adjacent to an activating group) is 1. The van der Waals surface area contributed by atoms with Crippen molar-refractivity contribution in [3.05, 3.63) is 0 Å². The molecule has 0 radical (unpaired) electrons. The van der Waals surface area contributed by atoms with Gasteiger partial charge in [-0.3, -0.25) is 4.79 Å². The molecule has 0 bridgehead atoms. The van der Waals surface area contributed by atoms with Crippen LogP contribution in [0.2, 0.25) is 0 Å². The van der Waals surface area contributed by atoms with Crippen LogP contribution in [0.4, 0.5) is 0 Å². The van der Waals surface area contributed by atoms with Gasteiger partial charge in [0.1, 0.15) is 5.54 Å². The van der Waals surface area contributed by atoms with Crippen LogP contribution in [0, 0.1) is 0 Å². The second kappa shape index (κ2) is 7.66. The summed E-state index contributed by atoms with van der Waals surface area (Å²) >= 11 is 1.97. The van der Waals surface area contributed by atoms with E-state index in [2.05, 4.69) is 5.32 Å². The summed E-state index contributed by atoms with van der Waals surface area (Å²) in [5.74, 6) is 0.998. The smallest absolute Gasteiger partial charge is 0.326 e. The number of esters is 1. The molecular formula is C15H27NO3S. The number of carbonyl (C=O) groups is 1. The maximum absolute atomic E-state index is 12.2. The first-order valence-electron chi connectivity index (χ1n) is 7.85. The average molecular weight is 301 g/mol. The van der Waals surface area contributed by atoms with Crippen LogP contribution < -0.4 is 5.32 Å². The predicted molar refractivity (Wildman–Crippen MR) is 82.1 cm³/mol. The van der Waals surface area contributed by atoms with Crippen molar-refractivity contribution in [1.29, 1.82) is 0 Å². The lowest BCUT2D eigenvalue weighted by Gasteiger charge is -2.27. The van der Waals surface area contributed by atoms with Crippen molar-refractivity contribution < 1.29 is 14.3 Å². The van der Waals surface area contributed by atoms with Crippen molar-refractivity contribution in [1.82, 2.24) is 5.32 Å². The largest absolute Gasteiger partial charge is 0.465 e. The number of nitrogens with one attached hydrogen (secondary N) is 1. The number of thioether (sulfide) groups is 1. The van der Waals surface area contributed by atoms with Crippen LogP contribution >= 0.6 is 11.8 Å². The summed E-state index contributed by atoms with van der Waals surface area (Å²) in [5, 5.41) is 3.93. The first-order valence-corrected chi connectivity index (χ1v) is 8.90. The molecule has 20 heavy (non-hydrogen) atoms. The quantitative estimate of drug-likeness (QED) is 0.732. The Hall–Kier alpha value is -0.260. The molecule has 0 spiro atoms. The molecule has 0 aromatic heterocycles. The van der Waals surface area contributed by atoms with Crippen molar-refractivity contribution in [3.63, 3.8) is 0 Å². The highest BCUT2D eigenvalue weighted by molar-refractivity contribution is 7.99. The fraction of sp³-hybridized carbons (Fsp3) is 0.933. The van der Waals surface area contributed by atoms with Crippen LogP contribution in [0.3, 0.4) is 0 Å². The number of hydrogen-bond donors (Lipinski definition) is 1. The molecule has 1 aliphatic carbocycles. The molecule has 1 heterocycles. The van der Waals surface area contributed by atoms with E-state index in [1.165, 1.54) is 12.8 Å². The van der Waals surface area contributed by atoms with Gasteiger partial charge in [0.15, 0.2) is 0 Å². The molecule has 0 amide bonds. The van der Waals surface area contributed by atoms with Crippen molar-refractivity contribution in [2.75, 3.05) is 25.5 Å². The van der Waals surface area contributed by atoms with E-state index in [1.807, 2.05) is 25.6 Å². The first-order chi connectivity index (χ1) is 9.70. The van der Waals surface area contributed by atoms with Crippen molar-refractivity contribution >= 4 is 17.7 Å². The normalized spacial score (nSPS) is 33.5. The lowest BCUT2D eigenvalue weighted by Crippen LogP contribution is -2.51. The Morgan fingerprint density at radius 3 is 2.95 bits per heavy atom. The van der Waals surface area contributed by atoms with Crippen LogP contribution in [0.15, 0.2) is 0 Å². The Bertz CT molecular complexity index is 320. The van der Waals surface area contributed by atoms with Crippen molar-refractivity contribution in [2.45, 2.75) is 62.8 Å². The molecule has 2 rings (SSSR count). The van der Waals surface area contributed by atoms with Gasteiger partial charge in [0, 0.05) is 17.6 Å². The maximum Gasteiger partial charge on any atom is 0.326 e. The zero-order valence-electron chi connectivity index (χ0n) is 12.7. The fourth-order valence-corrected chi connectivity index (χ4v) is 4.62. The van der Waals surface area contributed by atoms with E-state index in [0.29, 0.717) is 18.0 Å². The zero-order chi connectivity index (χ0) is 14.4. The Balaban J connectivity index is 1.84. The van der Waals surface area contributed by atoms with E-state index in [9.17, 15) is 4.79 Å². The molecule has 3 atom stereocenters. The van der Waals surface area contributed by atoms with E-state index >= 15 is 0 Å². The highest BCUT2D eigenvalue weighted by atomic mass is 32.2. The molecule has 2 aliphatic rings. The summed E-state index contributed by atoms with van der Waals surface area (Å²) in [6.45, 7) is 6.10. The minimum atomic E-state index is -0.445. The van der Waals surface area contributed by atoms with Gasteiger partial charge < -0.3 is 14.8 Å². The molecule has 3 unspecified atom stereocenters. The lowest BCUT2D eigenvalue weighted by molar-refractivity contribution is -0.151. The molecule has 4 nitrogen and oxygen atoms in total. The molecule has 1 saturated heterocycles. The summed E-state index contributed by atoms with van der Waals surface area (Å²) < 4.78 is 10.9. The summed E-state index contributed by atoms with van der Waals surface area (Å²) in [4.78, 5) is 12.2. The number of carbonyl (C=O) groups excluding carboxylic acids is 1. The second-order valence-electron chi connectivity index (χ2n) is 5.67. The highest BCUT2D eigenvalue weighted by Gasteiger charge is 2.46. The molecular weight excluding hydrogens is 274 g/mol. The summed E-state index contributed by atoms with van der Waals surface area (Å²) in [5.41, 5.74) is -0.445. The van der Waals surface area contributed by atoms with Gasteiger partial charge in [-0.25, -0.2) is 0 Å². The van der Waals surface area contributed by atoms with Gasteiger partial charge in [0.05, 0.1) is 12.7 Å². The topological polar surface area (TPSA) is 47.6 Å². The molecule has 1 N–H and O–H groups in total. The minimum Gasteiger partial charge on any atom is -0.465 e. The van der Waals surface area contributed by atoms with Crippen molar-refractivity contribution in [2.24, 2.45) is 0 Å². The third-order valence-corrected chi connectivity index (χ3v) is 5.63. The standard InChI is InChI=1S/C15H27NO3S/c1-3-16-15(14(17)18-4-2)8-7-13(10-15)20-11-12-6-5-9-19-12/h12-13,16H,3-11H2,1-2H3. The maximum atomic E-state index is 12.2. The molecule has 2 fully saturated rings. The van der Waals surface area contributed by atoms with Gasteiger partial charge in [0.2, 0.25) is 0 Å². The Morgan fingerprint density at radius 2 is 2.30 bits per heavy atom. The molecule has 0 aromatic carbocycles. The van der Waals surface area contributed by atoms with E-state index in [1.54, 1.807) is 0 Å². The average Bonchev–Trinajstić information content (AvgIpc) is 3.07. The Labute approximate surface area is 126 Å². The van der Waals surface area contributed by atoms with Crippen LogP contribution in [0.5, 0.6) is 0 Å². The third kappa shape index (κ3) is 3.89. The number of rotatable bonds is 7. The Kier molecular flexibility index (Phi) is 6.18. The predicted octanol–water partition coefficient (Wildman–Crippen LogP) is 2.36. The fourth-order valence-electron chi connectivity index (χ4n) is 3.19. The summed E-state index contributed by atoms with van der Waals surface area (Å²) in [7, 11) is 0. The van der Waals surface area contributed by atoms with Gasteiger partial charge in [-0.05, 0) is 45.6 Å². The van der Waals surface area contributed by atoms with Crippen molar-refractivity contribution in [3.8, 4) is 0 Å². The van der Waals surface area contributed by atoms with Crippen LogP contribution in [-0.4, -0.2) is 48.4 Å². The van der Waals surface area contributed by atoms with E-state index in [-0.39, 0.29) is 5.97 Å². The minimum absolute atomic E-state index is 0.0675. The number of hydrogen-bond acceptors (Lipinski definition) is 5. The molecule has 116 valence electrons. The van der Waals surface area contributed by atoms with E-state index < -0.39 is 5.54 Å². The second-order valence-corrected chi connectivity index (χ2v) is 7.00. The van der Waals surface area contributed by atoms with Crippen LogP contribution in [-0.2, 0) is 14.3 Å². The third-order valence-electron chi connectivity index (χ3n) is 4.19. The molecule has 5 heteroatoms. The van der Waals surface area contributed by atoms with Crippen LogP contribution in [0.25, 0.3) is 0 Å². The SMILES string of the molecule is CCNC1(C(=O)OCC)CCC(SCC2CCCO2)C1. The summed E-state index contributed by atoms with van der Waals surface area (Å²) in [6.07, 6.45) is 5.68. The van der Waals surface area contributed by atoms with Gasteiger partial charge in [-0.2, -0.15) is 11.8 Å². The van der Waals surface area contributed by atoms with Gasteiger partial charge in [0.25, 0.3) is 0 Å². The molecule has 1 aliphatic heterocycles. The number of ether oxygens (including phenoxy) is 2. The zero-order valence-corrected chi connectivity index (χ0v) is 13.5. The monoisotopic (exact) mass is 301 g/mol. The summed E-state index contributed by atoms with van der Waals surface area (Å²) in [6, 6.07) is 0. The molecule has 0 aromatic rings. The van der Waals surface area contributed by atoms with Crippen LogP contribution in [0.1, 0.15) is 46.0 Å². The van der Waals surface area contributed by atoms with Gasteiger partial charge in [-0.1, -0.05) is 6.92 Å². The first kappa shape index (κ1) is 16.1. The highest BCUT2D eigenvalue weighted by Crippen LogP contribution is 2.38. The van der Waals surface area contributed by atoms with E-state index in [4.69, 9.17) is 9.47 Å². The Morgan fingerprint density at radius 1 is 1.45 bits per heavy atom. The van der Waals surface area contributed by atoms with Gasteiger partial charge >= 0.3 is 5.97 Å².